The van der Waals surface area contributed by atoms with Gasteiger partial charge in [0.15, 0.2) is 0 Å². The summed E-state index contributed by atoms with van der Waals surface area (Å²) in [7, 11) is 0. The predicted molar refractivity (Wildman–Crippen MR) is 364 cm³/mol. The van der Waals surface area contributed by atoms with Crippen LogP contribution in [0.15, 0.2) is 303 Å². The van der Waals surface area contributed by atoms with Gasteiger partial charge >= 0.3 is 0 Å². The largest absolute Gasteiger partial charge is 0.311 e. The smallest absolute Gasteiger partial charge is 0.0540 e. The Balaban J connectivity index is 0.884. The molecule has 0 bridgehead atoms. The average Bonchev–Trinajstić information content (AvgIpc) is 1.81. The molecule has 4 nitrogen and oxygen atoms in total. The number of rotatable bonds is 12. The number of hydrogen-bond acceptors (Lipinski definition) is 4. The third kappa shape index (κ3) is 8.12. The molecular weight excluding hydrogens is 1040 g/mol. The normalized spacial score (nSPS) is 13.3. The minimum absolute atomic E-state index is 0.184. The van der Waals surface area contributed by atoms with E-state index in [0.29, 0.717) is 0 Å². The average molecular weight is 1100 g/mol. The molecule has 0 spiro atoms. The van der Waals surface area contributed by atoms with Crippen molar-refractivity contribution in [2.75, 3.05) is 19.6 Å². The second-order valence-corrected chi connectivity index (χ2v) is 24.1. The van der Waals surface area contributed by atoms with E-state index in [9.17, 15) is 0 Å². The van der Waals surface area contributed by atoms with Gasteiger partial charge in [0, 0.05) is 78.5 Å². The molecule has 16 rings (SSSR count). The number of hydrogen-bond donors (Lipinski definition) is 0. The van der Waals surface area contributed by atoms with Crippen LogP contribution in [0.5, 0.6) is 0 Å². The zero-order valence-electron chi connectivity index (χ0n) is 48.7. The first-order valence-electron chi connectivity index (χ1n) is 30.0. The highest BCUT2D eigenvalue weighted by Crippen LogP contribution is 2.55. The first kappa shape index (κ1) is 51.0. The maximum Gasteiger partial charge on any atom is 0.0540 e. The first-order chi connectivity index (χ1) is 42.2. The van der Waals surface area contributed by atoms with Crippen LogP contribution in [-0.2, 0) is 10.8 Å². The standard InChI is InChI=1S/C82H62N4/c1-81(2)73-31-19-17-29-67(73)69-49-45-65(53-75(69)81)85(63-41-37-61(38-42-63)83(57-21-9-5-10-22-57)58-23-11-6-12-24-58)77-51-35-55-34-48-72-78(52-36-56-33-47-71(77)79(55)80(56)72)86(66-46-50-70-68-30-18-20-32-74(68)82(3,4)76(70)54-66)64-43-39-62(40-44-64)84(59-25-13-7-14-26-59)60-27-15-8-16-28-60/h5-54H,1-4H3. The summed E-state index contributed by atoms with van der Waals surface area (Å²) in [5.41, 5.74) is 23.5. The molecule has 2 aliphatic carbocycles. The molecule has 0 heterocycles. The third-order valence-corrected chi connectivity index (χ3v) is 18.5. The molecule has 0 saturated heterocycles. The van der Waals surface area contributed by atoms with Crippen molar-refractivity contribution >= 4 is 101 Å². The van der Waals surface area contributed by atoms with Crippen molar-refractivity contribution in [3.8, 4) is 22.3 Å². The van der Waals surface area contributed by atoms with E-state index in [0.717, 1.165) is 68.2 Å². The van der Waals surface area contributed by atoms with E-state index < -0.39 is 0 Å². The molecule has 0 fully saturated rings. The molecular formula is C82H62N4. The van der Waals surface area contributed by atoms with Gasteiger partial charge < -0.3 is 19.6 Å². The van der Waals surface area contributed by atoms with E-state index in [2.05, 4.69) is 351 Å². The fraction of sp³-hybridized carbons (Fsp3) is 0.0732. The Labute approximate surface area is 503 Å². The molecule has 0 N–H and O–H groups in total. The van der Waals surface area contributed by atoms with Crippen LogP contribution in [0.2, 0.25) is 0 Å². The van der Waals surface area contributed by atoms with Gasteiger partial charge in [-0.15, -0.1) is 0 Å². The fourth-order valence-electron chi connectivity index (χ4n) is 14.4. The van der Waals surface area contributed by atoms with Gasteiger partial charge in [0.25, 0.3) is 0 Å². The molecule has 0 saturated carbocycles. The van der Waals surface area contributed by atoms with Gasteiger partial charge in [-0.05, 0) is 200 Å². The van der Waals surface area contributed by atoms with Crippen LogP contribution in [0.1, 0.15) is 49.9 Å². The van der Waals surface area contributed by atoms with Crippen molar-refractivity contribution in [3.63, 3.8) is 0 Å². The van der Waals surface area contributed by atoms with Gasteiger partial charge in [0.1, 0.15) is 0 Å². The first-order valence-corrected chi connectivity index (χ1v) is 30.0. The maximum atomic E-state index is 2.50. The van der Waals surface area contributed by atoms with E-state index in [1.807, 2.05) is 0 Å². The Morgan fingerprint density at radius 1 is 0.209 bits per heavy atom. The van der Waals surface area contributed by atoms with E-state index in [-0.39, 0.29) is 10.8 Å². The summed E-state index contributed by atoms with van der Waals surface area (Å²) in [4.78, 5) is 9.66. The minimum atomic E-state index is -0.184. The molecule has 0 atom stereocenters. The summed E-state index contributed by atoms with van der Waals surface area (Å²) < 4.78 is 0. The Kier molecular flexibility index (Phi) is 11.9. The van der Waals surface area contributed by atoms with Crippen LogP contribution in [0.4, 0.5) is 68.2 Å². The number of anilines is 12. The highest BCUT2D eigenvalue weighted by molar-refractivity contribution is 6.28. The Morgan fingerprint density at radius 2 is 0.477 bits per heavy atom. The van der Waals surface area contributed by atoms with Crippen molar-refractivity contribution in [2.24, 2.45) is 0 Å². The summed E-state index contributed by atoms with van der Waals surface area (Å²) in [5.74, 6) is 0. The second-order valence-electron chi connectivity index (χ2n) is 24.1. The second kappa shape index (κ2) is 20.0. The number of benzene rings is 14. The van der Waals surface area contributed by atoms with Gasteiger partial charge in [-0.1, -0.05) is 198 Å². The van der Waals surface area contributed by atoms with Gasteiger partial charge in [-0.2, -0.15) is 0 Å². The molecule has 0 radical (unpaired) electrons. The Hall–Kier alpha value is -10.7. The van der Waals surface area contributed by atoms with E-state index >= 15 is 0 Å². The van der Waals surface area contributed by atoms with Gasteiger partial charge in [0.2, 0.25) is 0 Å². The molecule has 14 aromatic rings. The lowest BCUT2D eigenvalue weighted by molar-refractivity contribution is 0.660. The molecule has 2 aliphatic rings. The monoisotopic (exact) mass is 1100 g/mol. The lowest BCUT2D eigenvalue weighted by Crippen LogP contribution is -2.17. The van der Waals surface area contributed by atoms with Crippen molar-refractivity contribution in [3.05, 3.63) is 326 Å². The quantitative estimate of drug-likeness (QED) is 0.113. The maximum absolute atomic E-state index is 2.50. The summed E-state index contributed by atoms with van der Waals surface area (Å²) in [6, 6.07) is 112. The minimum Gasteiger partial charge on any atom is -0.311 e. The van der Waals surface area contributed by atoms with Crippen molar-refractivity contribution in [1.82, 2.24) is 0 Å². The molecule has 0 aliphatic heterocycles. The topological polar surface area (TPSA) is 13.0 Å². The number of fused-ring (bicyclic) bond motifs is 6. The Morgan fingerprint density at radius 3 is 0.826 bits per heavy atom. The third-order valence-electron chi connectivity index (χ3n) is 18.5. The van der Waals surface area contributed by atoms with Crippen molar-refractivity contribution < 1.29 is 0 Å². The summed E-state index contributed by atoms with van der Waals surface area (Å²) in [5, 5.41) is 7.28. The van der Waals surface area contributed by atoms with E-state index in [1.165, 1.54) is 76.8 Å². The molecule has 0 amide bonds. The fourth-order valence-corrected chi connectivity index (χ4v) is 14.4. The van der Waals surface area contributed by atoms with Crippen LogP contribution >= 0.6 is 0 Å². The van der Waals surface area contributed by atoms with E-state index in [1.54, 1.807) is 0 Å². The van der Waals surface area contributed by atoms with E-state index in [4.69, 9.17) is 0 Å². The zero-order valence-corrected chi connectivity index (χ0v) is 48.7. The molecule has 86 heavy (non-hydrogen) atoms. The molecule has 0 unspecified atom stereocenters. The lowest BCUT2D eigenvalue weighted by atomic mass is 9.82. The number of nitrogens with zero attached hydrogens (tertiary/aromatic N) is 4. The number of para-hydroxylation sites is 4. The van der Waals surface area contributed by atoms with Crippen LogP contribution in [-0.4, -0.2) is 0 Å². The van der Waals surface area contributed by atoms with Crippen molar-refractivity contribution in [2.45, 2.75) is 38.5 Å². The summed E-state index contributed by atoms with van der Waals surface area (Å²) >= 11 is 0. The summed E-state index contributed by atoms with van der Waals surface area (Å²) in [6.07, 6.45) is 0. The van der Waals surface area contributed by atoms with Crippen LogP contribution in [0.25, 0.3) is 54.6 Å². The highest BCUT2D eigenvalue weighted by Gasteiger charge is 2.38. The summed E-state index contributed by atoms with van der Waals surface area (Å²) in [6.45, 7) is 9.50. The molecule has 410 valence electrons. The molecule has 0 aromatic heterocycles. The van der Waals surface area contributed by atoms with Crippen LogP contribution in [0, 0.1) is 0 Å². The highest BCUT2D eigenvalue weighted by atomic mass is 15.2. The van der Waals surface area contributed by atoms with Gasteiger partial charge in [0.05, 0.1) is 11.4 Å². The SMILES string of the molecule is CC1(C)c2ccccc2-c2ccc(N(c3ccc(N(c4ccccc4)c4ccccc4)cc3)c3ccc4ccc5c(N(c6ccc(N(c7ccccc7)c7ccccc7)cc6)c6ccc7c(c6)C(C)(C)c6ccccc6-7)ccc6ccc3c4c65)cc21. The van der Waals surface area contributed by atoms with Gasteiger partial charge in [-0.25, -0.2) is 0 Å². The predicted octanol–water partition coefficient (Wildman–Crippen LogP) is 23.1. The zero-order chi connectivity index (χ0) is 57.7. The molecule has 4 heteroatoms. The van der Waals surface area contributed by atoms with Crippen LogP contribution in [0.3, 0.4) is 0 Å². The van der Waals surface area contributed by atoms with Gasteiger partial charge in [-0.3, -0.25) is 0 Å². The molecule has 14 aromatic carbocycles. The Bertz CT molecular complexity index is 4470. The van der Waals surface area contributed by atoms with Crippen LogP contribution < -0.4 is 19.6 Å². The lowest BCUT2D eigenvalue weighted by Gasteiger charge is -2.31. The van der Waals surface area contributed by atoms with Crippen molar-refractivity contribution in [1.29, 1.82) is 0 Å².